The highest BCUT2D eigenvalue weighted by Gasteiger charge is 2.38. The van der Waals surface area contributed by atoms with E-state index in [1.807, 2.05) is 0 Å². The predicted octanol–water partition coefficient (Wildman–Crippen LogP) is 0.639. The molecular weight excluding hydrogens is 292 g/mol. The number of nitrogens with zero attached hydrogens (tertiary/aromatic N) is 2. The van der Waals surface area contributed by atoms with E-state index in [1.165, 1.54) is 16.9 Å². The van der Waals surface area contributed by atoms with Crippen molar-refractivity contribution in [2.45, 2.75) is 29.7 Å². The topological polar surface area (TPSA) is 96.8 Å². The second-order valence-corrected chi connectivity index (χ2v) is 7.29. The number of carboxylic acid groups (broad SMARTS) is 1. The summed E-state index contributed by atoms with van der Waals surface area (Å²) in [5, 5.41) is 8.95. The van der Waals surface area contributed by atoms with Gasteiger partial charge in [-0.25, -0.2) is 18.2 Å². The fourth-order valence-corrected chi connectivity index (χ4v) is 4.82. The van der Waals surface area contributed by atoms with Crippen LogP contribution in [0.1, 0.15) is 23.8 Å². The maximum absolute atomic E-state index is 12.4. The molecule has 2 unspecified atom stereocenters. The zero-order valence-corrected chi connectivity index (χ0v) is 12.1. The molecule has 7 nitrogen and oxygen atoms in total. The fourth-order valence-electron chi connectivity index (χ4n) is 2.07. The van der Waals surface area contributed by atoms with E-state index in [2.05, 4.69) is 4.98 Å². The fraction of sp³-hybridized carbons (Fsp3) is 0.600. The van der Waals surface area contributed by atoms with Crippen LogP contribution in [0.5, 0.6) is 0 Å². The van der Waals surface area contributed by atoms with E-state index in [9.17, 15) is 13.2 Å². The maximum Gasteiger partial charge on any atom is 0.356 e. The van der Waals surface area contributed by atoms with Crippen LogP contribution in [0.4, 0.5) is 0 Å². The molecular formula is C10H14N2O5S2. The normalized spacial score (nSPS) is 23.9. The molecule has 1 aliphatic rings. The third-order valence-electron chi connectivity index (χ3n) is 3.15. The third kappa shape index (κ3) is 2.50. The molecule has 0 aromatic carbocycles. The van der Waals surface area contributed by atoms with E-state index in [1.54, 1.807) is 6.92 Å². The van der Waals surface area contributed by atoms with Crippen LogP contribution in [-0.2, 0) is 14.8 Å². The molecule has 1 aliphatic heterocycles. The van der Waals surface area contributed by atoms with Gasteiger partial charge in [0.2, 0.25) is 0 Å². The Morgan fingerprint density at radius 3 is 2.84 bits per heavy atom. The number of carbonyl (C=O) groups is 1. The molecule has 2 rings (SSSR count). The lowest BCUT2D eigenvalue weighted by atomic mass is 10.2. The molecule has 19 heavy (non-hydrogen) atoms. The number of likely N-dealkylation sites (N-methyl/N-ethyl adjacent to an activating group) is 1. The smallest absolute Gasteiger partial charge is 0.356 e. The average Bonchev–Trinajstić information content (AvgIpc) is 2.95. The molecule has 0 bridgehead atoms. The molecule has 0 radical (unpaired) electrons. The van der Waals surface area contributed by atoms with Crippen molar-refractivity contribution in [1.82, 2.24) is 9.29 Å². The van der Waals surface area contributed by atoms with Crippen LogP contribution in [-0.4, -0.2) is 54.6 Å². The molecule has 106 valence electrons. The summed E-state index contributed by atoms with van der Waals surface area (Å²) in [6.45, 7) is 2.30. The van der Waals surface area contributed by atoms with Gasteiger partial charge in [0.05, 0.1) is 17.7 Å². The first-order chi connectivity index (χ1) is 8.85. The van der Waals surface area contributed by atoms with Crippen LogP contribution in [0.3, 0.4) is 0 Å². The summed E-state index contributed by atoms with van der Waals surface area (Å²) >= 11 is 0.811. The summed E-state index contributed by atoms with van der Waals surface area (Å²) in [6.07, 6.45) is 0.388. The minimum Gasteiger partial charge on any atom is -0.476 e. The highest BCUT2D eigenvalue weighted by molar-refractivity contribution is 7.91. The van der Waals surface area contributed by atoms with Gasteiger partial charge in [-0.2, -0.15) is 4.31 Å². The molecule has 0 spiro atoms. The third-order valence-corrected chi connectivity index (χ3v) is 6.38. The molecule has 1 aromatic rings. The first-order valence-corrected chi connectivity index (χ1v) is 7.94. The molecule has 0 amide bonds. The van der Waals surface area contributed by atoms with Crippen LogP contribution >= 0.6 is 11.3 Å². The number of carboxylic acids is 1. The predicted molar refractivity (Wildman–Crippen MR) is 67.8 cm³/mol. The number of hydrogen-bond donors (Lipinski definition) is 1. The SMILES string of the molecule is CC1OCCC1N(C)S(=O)(=O)c1scnc1C(=O)O. The Kier molecular flexibility index (Phi) is 3.90. The minimum absolute atomic E-state index is 0.207. The maximum atomic E-state index is 12.4. The van der Waals surface area contributed by atoms with Crippen molar-refractivity contribution >= 4 is 27.3 Å². The van der Waals surface area contributed by atoms with Gasteiger partial charge in [0, 0.05) is 13.7 Å². The lowest BCUT2D eigenvalue weighted by Gasteiger charge is -2.25. The van der Waals surface area contributed by atoms with Crippen LogP contribution < -0.4 is 0 Å². The number of hydrogen-bond acceptors (Lipinski definition) is 6. The van der Waals surface area contributed by atoms with Crippen molar-refractivity contribution in [1.29, 1.82) is 0 Å². The van der Waals surface area contributed by atoms with Gasteiger partial charge in [0.1, 0.15) is 0 Å². The zero-order valence-electron chi connectivity index (χ0n) is 10.4. The quantitative estimate of drug-likeness (QED) is 0.877. The Bertz CT molecular complexity index is 582. The van der Waals surface area contributed by atoms with Crippen LogP contribution in [0, 0.1) is 0 Å². The minimum atomic E-state index is -3.86. The van der Waals surface area contributed by atoms with Crippen LogP contribution in [0.2, 0.25) is 0 Å². The van der Waals surface area contributed by atoms with Gasteiger partial charge in [-0.05, 0) is 13.3 Å². The van der Waals surface area contributed by atoms with E-state index in [-0.39, 0.29) is 16.4 Å². The van der Waals surface area contributed by atoms with Crippen molar-refractivity contribution < 1.29 is 23.1 Å². The molecule has 0 saturated carbocycles. The highest BCUT2D eigenvalue weighted by Crippen LogP contribution is 2.28. The van der Waals surface area contributed by atoms with E-state index in [4.69, 9.17) is 9.84 Å². The first kappa shape index (κ1) is 14.4. The average molecular weight is 306 g/mol. The standard InChI is InChI=1S/C10H14N2O5S2/c1-6-7(3-4-17-6)12(2)19(15,16)10-8(9(13)14)11-5-18-10/h5-7H,3-4H2,1-2H3,(H,13,14). The number of aromatic nitrogens is 1. The molecule has 1 saturated heterocycles. The number of aromatic carboxylic acids is 1. The number of sulfonamides is 1. The summed E-state index contributed by atoms with van der Waals surface area (Å²) in [4.78, 5) is 14.6. The summed E-state index contributed by atoms with van der Waals surface area (Å²) < 4.78 is 31.1. The Labute approximate surface area is 114 Å². The molecule has 1 aromatic heterocycles. The second kappa shape index (κ2) is 5.16. The Morgan fingerprint density at radius 1 is 1.63 bits per heavy atom. The van der Waals surface area contributed by atoms with Crippen molar-refractivity contribution in [3.63, 3.8) is 0 Å². The number of thiazole rings is 1. The Balaban J connectivity index is 2.36. The molecule has 2 heterocycles. The molecule has 0 aliphatic carbocycles. The van der Waals surface area contributed by atoms with E-state index >= 15 is 0 Å². The van der Waals surface area contributed by atoms with Gasteiger partial charge >= 0.3 is 5.97 Å². The van der Waals surface area contributed by atoms with Crippen molar-refractivity contribution in [3.8, 4) is 0 Å². The van der Waals surface area contributed by atoms with Gasteiger partial charge in [-0.15, -0.1) is 11.3 Å². The number of ether oxygens (including phenoxy) is 1. The van der Waals surface area contributed by atoms with E-state index in [0.717, 1.165) is 11.3 Å². The van der Waals surface area contributed by atoms with Gasteiger partial charge in [0.15, 0.2) is 9.90 Å². The monoisotopic (exact) mass is 306 g/mol. The van der Waals surface area contributed by atoms with Gasteiger partial charge in [-0.1, -0.05) is 0 Å². The van der Waals surface area contributed by atoms with Crippen LogP contribution in [0.15, 0.2) is 9.72 Å². The van der Waals surface area contributed by atoms with E-state index in [0.29, 0.717) is 13.0 Å². The lowest BCUT2D eigenvalue weighted by Crippen LogP contribution is -2.41. The van der Waals surface area contributed by atoms with Crippen molar-refractivity contribution in [2.75, 3.05) is 13.7 Å². The molecule has 1 fully saturated rings. The van der Waals surface area contributed by atoms with Gasteiger partial charge < -0.3 is 9.84 Å². The van der Waals surface area contributed by atoms with Crippen molar-refractivity contribution in [3.05, 3.63) is 11.2 Å². The summed E-state index contributed by atoms with van der Waals surface area (Å²) in [6, 6.07) is -0.284. The first-order valence-electron chi connectivity index (χ1n) is 5.62. The van der Waals surface area contributed by atoms with E-state index < -0.39 is 21.7 Å². The van der Waals surface area contributed by atoms with Crippen LogP contribution in [0.25, 0.3) is 0 Å². The summed E-state index contributed by atoms with van der Waals surface area (Å²) in [5.74, 6) is -1.34. The summed E-state index contributed by atoms with van der Waals surface area (Å²) in [5.41, 5.74) is 0.794. The molecule has 9 heteroatoms. The van der Waals surface area contributed by atoms with Gasteiger partial charge in [0.25, 0.3) is 10.0 Å². The second-order valence-electron chi connectivity index (χ2n) is 4.25. The Hall–Kier alpha value is -1.03. The Morgan fingerprint density at radius 2 is 2.32 bits per heavy atom. The summed E-state index contributed by atoms with van der Waals surface area (Å²) in [7, 11) is -2.42. The largest absolute Gasteiger partial charge is 0.476 e. The lowest BCUT2D eigenvalue weighted by molar-refractivity contribution is 0.0687. The molecule has 1 N–H and O–H groups in total. The van der Waals surface area contributed by atoms with Gasteiger partial charge in [-0.3, -0.25) is 0 Å². The van der Waals surface area contributed by atoms with Crippen molar-refractivity contribution in [2.24, 2.45) is 0 Å². The highest BCUT2D eigenvalue weighted by atomic mass is 32.2. The molecule has 2 atom stereocenters. The number of rotatable bonds is 4. The zero-order chi connectivity index (χ0) is 14.2.